The lowest BCUT2D eigenvalue weighted by Gasteiger charge is -2.11. The predicted octanol–water partition coefficient (Wildman–Crippen LogP) is 1.34. The van der Waals surface area contributed by atoms with Gasteiger partial charge >= 0.3 is 0 Å². The van der Waals surface area contributed by atoms with Crippen molar-refractivity contribution in [3.8, 4) is 0 Å². The maximum atomic E-state index is 4.08. The Balaban J connectivity index is 2.08. The molecule has 0 radical (unpaired) electrons. The summed E-state index contributed by atoms with van der Waals surface area (Å²) in [4.78, 5) is 0. The molecule has 0 fully saturated rings. The van der Waals surface area contributed by atoms with Gasteiger partial charge in [0, 0.05) is 31.7 Å². The molecule has 0 spiro atoms. The summed E-state index contributed by atoms with van der Waals surface area (Å²) in [6, 6.07) is 2.58. The Morgan fingerprint density at radius 2 is 2.24 bits per heavy atom. The van der Waals surface area contributed by atoms with Crippen LogP contribution in [-0.4, -0.2) is 26.6 Å². The van der Waals surface area contributed by atoms with Crippen molar-refractivity contribution in [3.63, 3.8) is 0 Å². The van der Waals surface area contributed by atoms with Crippen LogP contribution < -0.4 is 5.32 Å². The molecule has 1 atom stereocenters. The normalized spacial score (nSPS) is 12.9. The fourth-order valence-corrected chi connectivity index (χ4v) is 2.03. The maximum Gasteiger partial charge on any atom is 0.102 e. The van der Waals surface area contributed by atoms with E-state index in [9.17, 15) is 0 Å². The van der Waals surface area contributed by atoms with Crippen LogP contribution in [0.3, 0.4) is 0 Å². The van der Waals surface area contributed by atoms with E-state index in [-0.39, 0.29) is 0 Å². The molecule has 5 nitrogen and oxygen atoms in total. The van der Waals surface area contributed by atoms with Gasteiger partial charge in [0.15, 0.2) is 0 Å². The Morgan fingerprint density at radius 1 is 1.41 bits per heavy atom. The Bertz CT molecular complexity index is 467. The lowest BCUT2D eigenvalue weighted by Crippen LogP contribution is -2.14. The Kier molecular flexibility index (Phi) is 3.58. The van der Waals surface area contributed by atoms with Gasteiger partial charge in [0.1, 0.15) is 5.69 Å². The van der Waals surface area contributed by atoms with E-state index in [1.807, 2.05) is 20.3 Å². The Morgan fingerprint density at radius 3 is 2.82 bits per heavy atom. The van der Waals surface area contributed by atoms with E-state index in [1.165, 1.54) is 5.56 Å². The zero-order valence-electron chi connectivity index (χ0n) is 10.6. The molecular formula is C12H19N5. The van der Waals surface area contributed by atoms with Crippen LogP contribution >= 0.6 is 0 Å². The van der Waals surface area contributed by atoms with Gasteiger partial charge in [-0.15, -0.1) is 5.10 Å². The predicted molar refractivity (Wildman–Crippen MR) is 66.6 cm³/mol. The van der Waals surface area contributed by atoms with Gasteiger partial charge in [0.25, 0.3) is 0 Å². The molecule has 1 N–H and O–H groups in total. The molecule has 0 aliphatic heterocycles. The van der Waals surface area contributed by atoms with Gasteiger partial charge in [-0.3, -0.25) is 4.68 Å². The van der Waals surface area contributed by atoms with Crippen molar-refractivity contribution in [2.45, 2.75) is 25.9 Å². The van der Waals surface area contributed by atoms with E-state index >= 15 is 0 Å². The SMILES string of the molecule is CCC(NC)c1ccn(Cc2cn(C)nn2)c1. The summed E-state index contributed by atoms with van der Waals surface area (Å²) in [5.41, 5.74) is 2.30. The summed E-state index contributed by atoms with van der Waals surface area (Å²) in [7, 11) is 3.87. The number of aromatic nitrogens is 4. The minimum absolute atomic E-state index is 0.429. The molecule has 2 heterocycles. The summed E-state index contributed by atoms with van der Waals surface area (Å²) in [5, 5.41) is 11.3. The number of hydrogen-bond donors (Lipinski definition) is 1. The van der Waals surface area contributed by atoms with Crippen LogP contribution in [0.15, 0.2) is 24.7 Å². The number of rotatable bonds is 5. The van der Waals surface area contributed by atoms with Crippen molar-refractivity contribution in [2.24, 2.45) is 7.05 Å². The number of nitrogens with zero attached hydrogens (tertiary/aromatic N) is 4. The molecule has 2 aromatic heterocycles. The van der Waals surface area contributed by atoms with Crippen molar-refractivity contribution in [1.82, 2.24) is 24.9 Å². The highest BCUT2D eigenvalue weighted by Gasteiger charge is 2.08. The number of nitrogens with one attached hydrogen (secondary N) is 1. The van der Waals surface area contributed by atoms with E-state index in [4.69, 9.17) is 0 Å². The first-order valence-electron chi connectivity index (χ1n) is 5.91. The highest BCUT2D eigenvalue weighted by atomic mass is 15.4. The fourth-order valence-electron chi connectivity index (χ4n) is 2.03. The van der Waals surface area contributed by atoms with Crippen LogP contribution in [0.25, 0.3) is 0 Å². The standard InChI is InChI=1S/C12H19N5/c1-4-12(13-2)10-5-6-17(7-10)9-11-8-16(3)15-14-11/h5-8,12-13H,4,9H2,1-3H3. The second-order valence-electron chi connectivity index (χ2n) is 4.25. The van der Waals surface area contributed by atoms with Crippen LogP contribution in [0.5, 0.6) is 0 Å². The summed E-state index contributed by atoms with van der Waals surface area (Å²) in [6.07, 6.45) is 7.28. The van der Waals surface area contributed by atoms with Crippen molar-refractivity contribution in [2.75, 3.05) is 7.05 Å². The molecule has 92 valence electrons. The third kappa shape index (κ3) is 2.74. The zero-order chi connectivity index (χ0) is 12.3. The highest BCUT2D eigenvalue weighted by molar-refractivity contribution is 5.16. The van der Waals surface area contributed by atoms with E-state index in [0.717, 1.165) is 18.7 Å². The molecular weight excluding hydrogens is 214 g/mol. The topological polar surface area (TPSA) is 47.7 Å². The van der Waals surface area contributed by atoms with Crippen LogP contribution in [0.1, 0.15) is 30.6 Å². The summed E-state index contributed by atoms with van der Waals surface area (Å²) < 4.78 is 3.86. The second kappa shape index (κ2) is 5.14. The van der Waals surface area contributed by atoms with Crippen LogP contribution in [-0.2, 0) is 13.6 Å². The number of aryl methyl sites for hydroxylation is 1. The first kappa shape index (κ1) is 11.9. The van der Waals surface area contributed by atoms with Crippen molar-refractivity contribution >= 4 is 0 Å². The molecule has 0 saturated heterocycles. The second-order valence-corrected chi connectivity index (χ2v) is 4.25. The molecule has 2 rings (SSSR count). The minimum atomic E-state index is 0.429. The average molecular weight is 233 g/mol. The zero-order valence-corrected chi connectivity index (χ0v) is 10.6. The molecule has 1 unspecified atom stereocenters. The van der Waals surface area contributed by atoms with E-state index in [0.29, 0.717) is 6.04 Å². The molecule has 0 aromatic carbocycles. The van der Waals surface area contributed by atoms with E-state index < -0.39 is 0 Å². The third-order valence-electron chi connectivity index (χ3n) is 2.93. The van der Waals surface area contributed by atoms with Gasteiger partial charge in [-0.1, -0.05) is 12.1 Å². The summed E-state index contributed by atoms with van der Waals surface area (Å²) in [5.74, 6) is 0. The number of hydrogen-bond acceptors (Lipinski definition) is 3. The van der Waals surface area contributed by atoms with Gasteiger partial charge in [0.2, 0.25) is 0 Å². The van der Waals surface area contributed by atoms with Gasteiger partial charge in [0.05, 0.1) is 6.54 Å². The monoisotopic (exact) mass is 233 g/mol. The Hall–Kier alpha value is -1.62. The first-order chi connectivity index (χ1) is 8.22. The fraction of sp³-hybridized carbons (Fsp3) is 0.500. The van der Waals surface area contributed by atoms with Gasteiger partial charge in [-0.2, -0.15) is 0 Å². The van der Waals surface area contributed by atoms with Crippen LogP contribution in [0, 0.1) is 0 Å². The molecule has 0 aliphatic rings. The van der Waals surface area contributed by atoms with Crippen molar-refractivity contribution < 1.29 is 0 Å². The minimum Gasteiger partial charge on any atom is -0.348 e. The molecule has 0 aliphatic carbocycles. The lowest BCUT2D eigenvalue weighted by atomic mass is 10.1. The smallest absolute Gasteiger partial charge is 0.102 e. The highest BCUT2D eigenvalue weighted by Crippen LogP contribution is 2.16. The molecule has 0 bridgehead atoms. The summed E-state index contributed by atoms with van der Waals surface area (Å²) in [6.45, 7) is 2.95. The molecule has 0 amide bonds. The van der Waals surface area contributed by atoms with Gasteiger partial charge in [-0.25, -0.2) is 0 Å². The largest absolute Gasteiger partial charge is 0.348 e. The van der Waals surface area contributed by atoms with Crippen molar-refractivity contribution in [3.05, 3.63) is 35.9 Å². The quantitative estimate of drug-likeness (QED) is 0.847. The average Bonchev–Trinajstić information content (AvgIpc) is 2.91. The van der Waals surface area contributed by atoms with Gasteiger partial charge < -0.3 is 9.88 Å². The molecule has 5 heteroatoms. The van der Waals surface area contributed by atoms with E-state index in [1.54, 1.807) is 4.68 Å². The molecule has 0 saturated carbocycles. The van der Waals surface area contributed by atoms with E-state index in [2.05, 4.69) is 45.6 Å². The lowest BCUT2D eigenvalue weighted by molar-refractivity contribution is 0.575. The third-order valence-corrected chi connectivity index (χ3v) is 2.93. The van der Waals surface area contributed by atoms with Crippen LogP contribution in [0.4, 0.5) is 0 Å². The Labute approximate surface area is 101 Å². The van der Waals surface area contributed by atoms with Crippen molar-refractivity contribution in [1.29, 1.82) is 0 Å². The van der Waals surface area contributed by atoms with Gasteiger partial charge in [-0.05, 0) is 25.1 Å². The molecule has 17 heavy (non-hydrogen) atoms. The maximum absolute atomic E-state index is 4.08. The first-order valence-corrected chi connectivity index (χ1v) is 5.91. The molecule has 2 aromatic rings. The summed E-state index contributed by atoms with van der Waals surface area (Å²) >= 11 is 0. The van der Waals surface area contributed by atoms with Crippen LogP contribution in [0.2, 0.25) is 0 Å².